The van der Waals surface area contributed by atoms with Crippen LogP contribution in [0.25, 0.3) is 0 Å². The van der Waals surface area contributed by atoms with E-state index in [0.717, 1.165) is 0 Å². The first-order valence-electron chi connectivity index (χ1n) is 6.04. The Morgan fingerprint density at radius 2 is 1.20 bits per heavy atom. The van der Waals surface area contributed by atoms with E-state index in [1.165, 1.54) is 12.1 Å². The third-order valence-corrected chi connectivity index (χ3v) is 3.18. The van der Waals surface area contributed by atoms with Crippen LogP contribution >= 0.6 is 0 Å². The van der Waals surface area contributed by atoms with E-state index in [1.807, 2.05) is 0 Å². The first kappa shape index (κ1) is 13.7. The molecule has 5 nitrogen and oxygen atoms in total. The molecule has 2 aromatic carbocycles. The average Bonchev–Trinajstić information content (AvgIpc) is 2.40. The van der Waals surface area contributed by atoms with Crippen LogP contribution in [-0.2, 0) is 0 Å². The molecule has 0 unspecified atom stereocenters. The van der Waals surface area contributed by atoms with Gasteiger partial charge in [0, 0.05) is 11.1 Å². The van der Waals surface area contributed by atoms with E-state index in [1.54, 1.807) is 26.0 Å². The van der Waals surface area contributed by atoms with Gasteiger partial charge in [-0.3, -0.25) is 4.79 Å². The number of aryl methyl sites for hydroxylation is 2. The summed E-state index contributed by atoms with van der Waals surface area (Å²) in [5.74, 6) is -0.319. The van der Waals surface area contributed by atoms with Crippen molar-refractivity contribution in [3.8, 4) is 11.5 Å². The van der Waals surface area contributed by atoms with E-state index >= 15 is 0 Å². The smallest absolute Gasteiger partial charge is 0.193 e. The number of rotatable bonds is 2. The molecule has 5 heteroatoms. The maximum Gasteiger partial charge on any atom is 0.193 e. The van der Waals surface area contributed by atoms with E-state index < -0.39 is 0 Å². The molecule has 0 bridgehead atoms. The summed E-state index contributed by atoms with van der Waals surface area (Å²) >= 11 is 0. The Balaban J connectivity index is 2.52. The molecular formula is C15H16N2O3. The molecule has 0 radical (unpaired) electrons. The molecule has 0 fully saturated rings. The largest absolute Gasteiger partial charge is 0.506 e. The molecule has 0 atom stereocenters. The van der Waals surface area contributed by atoms with E-state index in [4.69, 9.17) is 11.5 Å². The third kappa shape index (κ3) is 2.25. The summed E-state index contributed by atoms with van der Waals surface area (Å²) in [6, 6.07) is 5.96. The van der Waals surface area contributed by atoms with Crippen LogP contribution in [0.1, 0.15) is 27.0 Å². The quantitative estimate of drug-likeness (QED) is 0.380. The van der Waals surface area contributed by atoms with Gasteiger partial charge in [-0.2, -0.15) is 0 Å². The summed E-state index contributed by atoms with van der Waals surface area (Å²) in [5.41, 5.74) is 13.4. The zero-order valence-electron chi connectivity index (χ0n) is 11.3. The Bertz CT molecular complexity index is 603. The van der Waals surface area contributed by atoms with Crippen LogP contribution in [0.5, 0.6) is 11.5 Å². The topological polar surface area (TPSA) is 110 Å². The van der Waals surface area contributed by atoms with Crippen LogP contribution in [-0.4, -0.2) is 16.0 Å². The van der Waals surface area contributed by atoms with Crippen LogP contribution in [0.4, 0.5) is 11.4 Å². The highest BCUT2D eigenvalue weighted by Gasteiger charge is 2.15. The van der Waals surface area contributed by atoms with Gasteiger partial charge in [0.25, 0.3) is 0 Å². The molecule has 2 aromatic rings. The van der Waals surface area contributed by atoms with E-state index in [2.05, 4.69) is 0 Å². The number of anilines is 2. The van der Waals surface area contributed by atoms with Crippen molar-refractivity contribution < 1.29 is 15.0 Å². The van der Waals surface area contributed by atoms with Crippen LogP contribution in [0.15, 0.2) is 24.3 Å². The maximum atomic E-state index is 12.4. The van der Waals surface area contributed by atoms with Crippen LogP contribution < -0.4 is 11.5 Å². The van der Waals surface area contributed by atoms with Crippen molar-refractivity contribution in [3.05, 3.63) is 46.5 Å². The number of aromatic hydroxyl groups is 2. The summed E-state index contributed by atoms with van der Waals surface area (Å²) in [4.78, 5) is 12.4. The molecule has 0 aliphatic carbocycles. The first-order valence-corrected chi connectivity index (χ1v) is 6.04. The molecular weight excluding hydrogens is 256 g/mol. The van der Waals surface area contributed by atoms with Crippen molar-refractivity contribution in [1.82, 2.24) is 0 Å². The SMILES string of the molecule is Cc1cc(C(=O)c2cc(C)c(O)c(N)c2)cc(N)c1O. The number of nitrogen functional groups attached to an aromatic ring is 2. The number of carbonyl (C=O) groups is 1. The predicted octanol–water partition coefficient (Wildman–Crippen LogP) is 2.11. The van der Waals surface area contributed by atoms with Gasteiger partial charge >= 0.3 is 0 Å². The highest BCUT2D eigenvalue weighted by atomic mass is 16.3. The number of phenols is 2. The van der Waals surface area contributed by atoms with Gasteiger partial charge in [0.15, 0.2) is 5.78 Å². The Hall–Kier alpha value is -2.69. The number of ketones is 1. The van der Waals surface area contributed by atoms with Gasteiger partial charge in [0.1, 0.15) is 11.5 Å². The second kappa shape index (κ2) is 4.77. The summed E-state index contributed by atoms with van der Waals surface area (Å²) in [5, 5.41) is 19.2. The van der Waals surface area contributed by atoms with E-state index in [0.29, 0.717) is 22.3 Å². The van der Waals surface area contributed by atoms with Crippen molar-refractivity contribution >= 4 is 17.2 Å². The van der Waals surface area contributed by atoms with E-state index in [-0.39, 0.29) is 28.7 Å². The molecule has 0 amide bonds. The van der Waals surface area contributed by atoms with Gasteiger partial charge in [-0.25, -0.2) is 0 Å². The van der Waals surface area contributed by atoms with Crippen molar-refractivity contribution in [1.29, 1.82) is 0 Å². The number of nitrogens with two attached hydrogens (primary N) is 2. The van der Waals surface area contributed by atoms with Gasteiger partial charge < -0.3 is 21.7 Å². The molecule has 6 N–H and O–H groups in total. The minimum Gasteiger partial charge on any atom is -0.506 e. The molecule has 2 rings (SSSR count). The van der Waals surface area contributed by atoms with Crippen molar-refractivity contribution in [2.75, 3.05) is 11.5 Å². The predicted molar refractivity (Wildman–Crippen MR) is 77.9 cm³/mol. The average molecular weight is 272 g/mol. The fourth-order valence-electron chi connectivity index (χ4n) is 2.04. The monoisotopic (exact) mass is 272 g/mol. The Morgan fingerprint density at radius 3 is 1.50 bits per heavy atom. The zero-order valence-corrected chi connectivity index (χ0v) is 11.3. The van der Waals surface area contributed by atoms with Crippen LogP contribution in [0, 0.1) is 13.8 Å². The van der Waals surface area contributed by atoms with Gasteiger partial charge in [-0.15, -0.1) is 0 Å². The molecule has 0 heterocycles. The Kier molecular flexibility index (Phi) is 3.28. The van der Waals surface area contributed by atoms with Gasteiger partial charge in [0.05, 0.1) is 11.4 Å². The lowest BCUT2D eigenvalue weighted by atomic mass is 9.98. The molecule has 0 saturated heterocycles. The second-order valence-corrected chi connectivity index (χ2v) is 4.79. The second-order valence-electron chi connectivity index (χ2n) is 4.79. The Labute approximate surface area is 116 Å². The first-order chi connectivity index (χ1) is 9.31. The van der Waals surface area contributed by atoms with Crippen molar-refractivity contribution in [3.63, 3.8) is 0 Å². The molecule has 0 aliphatic heterocycles. The highest BCUT2D eigenvalue weighted by Crippen LogP contribution is 2.30. The standard InChI is InChI=1S/C15H16N2O3/c1-7-3-9(5-11(16)13(7)18)15(20)10-4-8(2)14(19)12(17)6-10/h3-6,18-19H,16-17H2,1-2H3. The zero-order chi connectivity index (χ0) is 15.0. The minimum absolute atomic E-state index is 0.0250. The fraction of sp³-hybridized carbons (Fsp3) is 0.133. The highest BCUT2D eigenvalue weighted by molar-refractivity contribution is 6.10. The third-order valence-electron chi connectivity index (χ3n) is 3.18. The maximum absolute atomic E-state index is 12.4. The number of phenolic OH excluding ortho intramolecular Hbond substituents is 2. The summed E-state index contributed by atoms with van der Waals surface area (Å²) in [6.45, 7) is 3.33. The van der Waals surface area contributed by atoms with Crippen molar-refractivity contribution in [2.45, 2.75) is 13.8 Å². The van der Waals surface area contributed by atoms with E-state index in [9.17, 15) is 15.0 Å². The van der Waals surface area contributed by atoms with Crippen molar-refractivity contribution in [2.24, 2.45) is 0 Å². The lowest BCUT2D eigenvalue weighted by Gasteiger charge is -2.09. The molecule has 0 aliphatic rings. The summed E-state index contributed by atoms with van der Waals surface area (Å²) < 4.78 is 0. The van der Waals surface area contributed by atoms with Crippen LogP contribution in [0.3, 0.4) is 0 Å². The van der Waals surface area contributed by atoms with Gasteiger partial charge in [-0.1, -0.05) is 0 Å². The molecule has 0 spiro atoms. The Morgan fingerprint density at radius 1 is 0.850 bits per heavy atom. The molecule has 0 aromatic heterocycles. The molecule has 20 heavy (non-hydrogen) atoms. The number of carbonyl (C=O) groups excluding carboxylic acids is 1. The molecule has 0 saturated carbocycles. The van der Waals surface area contributed by atoms with Gasteiger partial charge in [-0.05, 0) is 49.2 Å². The lowest BCUT2D eigenvalue weighted by Crippen LogP contribution is -2.05. The normalized spacial score (nSPS) is 10.5. The summed E-state index contributed by atoms with van der Waals surface area (Å²) in [6.07, 6.45) is 0. The van der Waals surface area contributed by atoms with Crippen LogP contribution in [0.2, 0.25) is 0 Å². The fourth-order valence-corrected chi connectivity index (χ4v) is 2.04. The molecule has 104 valence electrons. The number of hydrogen-bond donors (Lipinski definition) is 4. The lowest BCUT2D eigenvalue weighted by molar-refractivity contribution is 0.103. The number of hydrogen-bond acceptors (Lipinski definition) is 5. The minimum atomic E-state index is -0.269. The van der Waals surface area contributed by atoms with Gasteiger partial charge in [0.2, 0.25) is 0 Å². The summed E-state index contributed by atoms with van der Waals surface area (Å²) in [7, 11) is 0. The number of benzene rings is 2.